The van der Waals surface area contributed by atoms with Gasteiger partial charge in [-0.2, -0.15) is 0 Å². The molecule has 0 aliphatic rings. The van der Waals surface area contributed by atoms with Crippen molar-refractivity contribution >= 4 is 16.6 Å². The first kappa shape index (κ1) is 14.2. The highest BCUT2D eigenvalue weighted by molar-refractivity contribution is 5.90. The summed E-state index contributed by atoms with van der Waals surface area (Å²) >= 11 is 0. The van der Waals surface area contributed by atoms with Gasteiger partial charge in [-0.25, -0.2) is 0 Å². The van der Waals surface area contributed by atoms with Crippen LogP contribution in [0.5, 0.6) is 11.5 Å². The van der Waals surface area contributed by atoms with Crippen molar-refractivity contribution in [3.05, 3.63) is 60.3 Å². The van der Waals surface area contributed by atoms with Gasteiger partial charge >= 0.3 is 0 Å². The molecule has 22 heavy (non-hydrogen) atoms. The summed E-state index contributed by atoms with van der Waals surface area (Å²) < 4.78 is 10.7. The van der Waals surface area contributed by atoms with Crippen molar-refractivity contribution in [1.29, 1.82) is 0 Å². The third-order valence-electron chi connectivity index (χ3n) is 3.59. The van der Waals surface area contributed by atoms with Crippen LogP contribution in [0.2, 0.25) is 0 Å². The van der Waals surface area contributed by atoms with Gasteiger partial charge in [-0.05, 0) is 30.3 Å². The van der Waals surface area contributed by atoms with Gasteiger partial charge in [0.25, 0.3) is 0 Å². The summed E-state index contributed by atoms with van der Waals surface area (Å²) in [4.78, 5) is 4.45. The summed E-state index contributed by atoms with van der Waals surface area (Å²) in [7, 11) is 3.33. The summed E-state index contributed by atoms with van der Waals surface area (Å²) in [6, 6.07) is 15.9. The molecule has 112 valence electrons. The highest BCUT2D eigenvalue weighted by Crippen LogP contribution is 2.26. The van der Waals surface area contributed by atoms with Gasteiger partial charge in [0.05, 0.1) is 25.4 Å². The molecular formula is C18H18N2O2. The average molecular weight is 294 g/mol. The van der Waals surface area contributed by atoms with Crippen molar-refractivity contribution in [2.75, 3.05) is 19.5 Å². The zero-order chi connectivity index (χ0) is 15.4. The molecule has 0 unspecified atom stereocenters. The van der Waals surface area contributed by atoms with E-state index < -0.39 is 0 Å². The van der Waals surface area contributed by atoms with Gasteiger partial charge < -0.3 is 14.8 Å². The predicted molar refractivity (Wildman–Crippen MR) is 88.6 cm³/mol. The van der Waals surface area contributed by atoms with Crippen LogP contribution in [0.1, 0.15) is 5.56 Å². The first-order valence-corrected chi connectivity index (χ1v) is 7.10. The van der Waals surface area contributed by atoms with E-state index in [1.54, 1.807) is 20.4 Å². The second-order valence-corrected chi connectivity index (χ2v) is 4.91. The molecule has 4 heteroatoms. The highest BCUT2D eigenvalue weighted by Gasteiger charge is 2.06. The van der Waals surface area contributed by atoms with Crippen LogP contribution in [-0.4, -0.2) is 19.2 Å². The van der Waals surface area contributed by atoms with Gasteiger partial charge in [0.15, 0.2) is 0 Å². The largest absolute Gasteiger partial charge is 0.497 e. The Morgan fingerprint density at radius 2 is 1.86 bits per heavy atom. The van der Waals surface area contributed by atoms with E-state index >= 15 is 0 Å². The fourth-order valence-corrected chi connectivity index (χ4v) is 2.46. The van der Waals surface area contributed by atoms with Crippen molar-refractivity contribution in [2.45, 2.75) is 6.54 Å². The summed E-state index contributed by atoms with van der Waals surface area (Å²) in [5.41, 5.74) is 3.00. The number of nitrogens with zero attached hydrogens (tertiary/aromatic N) is 1. The summed E-state index contributed by atoms with van der Waals surface area (Å²) in [5, 5.41) is 4.55. The highest BCUT2D eigenvalue weighted by atomic mass is 16.5. The first-order chi connectivity index (χ1) is 10.8. The molecule has 0 amide bonds. The van der Waals surface area contributed by atoms with Gasteiger partial charge in [-0.3, -0.25) is 4.98 Å². The molecule has 0 bridgehead atoms. The lowest BCUT2D eigenvalue weighted by atomic mass is 10.1. The number of nitrogens with one attached hydrogen (secondary N) is 1. The van der Waals surface area contributed by atoms with E-state index in [9.17, 15) is 0 Å². The van der Waals surface area contributed by atoms with Gasteiger partial charge in [0, 0.05) is 23.7 Å². The second-order valence-electron chi connectivity index (χ2n) is 4.91. The summed E-state index contributed by atoms with van der Waals surface area (Å²) in [5.74, 6) is 1.65. The molecule has 0 radical (unpaired) electrons. The van der Waals surface area contributed by atoms with Crippen LogP contribution < -0.4 is 14.8 Å². The molecule has 1 heterocycles. The van der Waals surface area contributed by atoms with Crippen LogP contribution in [-0.2, 0) is 6.54 Å². The van der Waals surface area contributed by atoms with Gasteiger partial charge in [-0.1, -0.05) is 18.2 Å². The minimum Gasteiger partial charge on any atom is -0.497 e. The number of hydrogen-bond donors (Lipinski definition) is 1. The Morgan fingerprint density at radius 3 is 2.68 bits per heavy atom. The molecule has 0 saturated heterocycles. The minimum absolute atomic E-state index is 0.635. The number of benzene rings is 2. The van der Waals surface area contributed by atoms with Crippen molar-refractivity contribution in [3.63, 3.8) is 0 Å². The lowest BCUT2D eigenvalue weighted by Crippen LogP contribution is -2.03. The van der Waals surface area contributed by atoms with E-state index in [2.05, 4.69) is 22.4 Å². The number of ether oxygens (including phenoxy) is 2. The standard InChI is InChI=1S/C18H18N2O2/c1-21-15-8-9-17(22-2)14(11-15)12-20-16-7-3-5-13-6-4-10-19-18(13)16/h3-11,20H,12H2,1-2H3. The molecule has 0 fully saturated rings. The molecule has 4 nitrogen and oxygen atoms in total. The number of pyridine rings is 1. The van der Waals surface area contributed by atoms with E-state index in [1.807, 2.05) is 36.4 Å². The normalized spacial score (nSPS) is 10.5. The molecule has 3 rings (SSSR count). The smallest absolute Gasteiger partial charge is 0.124 e. The topological polar surface area (TPSA) is 43.4 Å². The van der Waals surface area contributed by atoms with E-state index in [1.165, 1.54) is 0 Å². The Morgan fingerprint density at radius 1 is 1.00 bits per heavy atom. The molecule has 0 aliphatic carbocycles. The Kier molecular flexibility index (Phi) is 4.10. The lowest BCUT2D eigenvalue weighted by molar-refractivity contribution is 0.399. The molecule has 3 aromatic rings. The average Bonchev–Trinajstić information content (AvgIpc) is 2.59. The minimum atomic E-state index is 0.635. The van der Waals surface area contributed by atoms with Crippen molar-refractivity contribution in [3.8, 4) is 11.5 Å². The van der Waals surface area contributed by atoms with E-state index in [4.69, 9.17) is 9.47 Å². The third kappa shape index (κ3) is 2.81. The van der Waals surface area contributed by atoms with E-state index in [-0.39, 0.29) is 0 Å². The number of rotatable bonds is 5. The van der Waals surface area contributed by atoms with Crippen LogP contribution in [0.4, 0.5) is 5.69 Å². The quantitative estimate of drug-likeness (QED) is 0.776. The SMILES string of the molecule is COc1ccc(OC)c(CNc2cccc3cccnc23)c1. The Hall–Kier alpha value is -2.75. The van der Waals surface area contributed by atoms with Gasteiger partial charge in [-0.15, -0.1) is 0 Å². The van der Waals surface area contributed by atoms with Crippen LogP contribution in [0.15, 0.2) is 54.7 Å². The van der Waals surface area contributed by atoms with Crippen molar-refractivity contribution < 1.29 is 9.47 Å². The number of para-hydroxylation sites is 1. The Bertz CT molecular complexity index is 782. The maximum absolute atomic E-state index is 5.41. The number of aromatic nitrogens is 1. The molecular weight excluding hydrogens is 276 g/mol. The lowest BCUT2D eigenvalue weighted by Gasteiger charge is -2.13. The molecule has 0 saturated carbocycles. The molecule has 0 spiro atoms. The third-order valence-corrected chi connectivity index (χ3v) is 3.59. The van der Waals surface area contributed by atoms with Crippen LogP contribution in [0.25, 0.3) is 10.9 Å². The van der Waals surface area contributed by atoms with Crippen LogP contribution >= 0.6 is 0 Å². The van der Waals surface area contributed by atoms with Gasteiger partial charge in [0.1, 0.15) is 11.5 Å². The monoisotopic (exact) mass is 294 g/mol. The zero-order valence-electron chi connectivity index (χ0n) is 12.7. The van der Waals surface area contributed by atoms with Crippen molar-refractivity contribution in [2.24, 2.45) is 0 Å². The van der Waals surface area contributed by atoms with Crippen molar-refractivity contribution in [1.82, 2.24) is 4.98 Å². The number of fused-ring (bicyclic) bond motifs is 1. The maximum Gasteiger partial charge on any atom is 0.124 e. The number of methoxy groups -OCH3 is 2. The Labute approximate surface area is 129 Å². The van der Waals surface area contributed by atoms with E-state index in [0.717, 1.165) is 33.7 Å². The molecule has 0 atom stereocenters. The molecule has 1 N–H and O–H groups in total. The fraction of sp³-hybridized carbons (Fsp3) is 0.167. The van der Waals surface area contributed by atoms with E-state index in [0.29, 0.717) is 6.54 Å². The summed E-state index contributed by atoms with van der Waals surface area (Å²) in [6.45, 7) is 0.635. The second kappa shape index (κ2) is 6.35. The predicted octanol–water partition coefficient (Wildman–Crippen LogP) is 3.86. The number of hydrogen-bond acceptors (Lipinski definition) is 4. The van der Waals surface area contributed by atoms with Crippen LogP contribution in [0, 0.1) is 0 Å². The zero-order valence-corrected chi connectivity index (χ0v) is 12.7. The number of anilines is 1. The fourth-order valence-electron chi connectivity index (χ4n) is 2.46. The first-order valence-electron chi connectivity index (χ1n) is 7.10. The molecule has 0 aliphatic heterocycles. The molecule has 1 aromatic heterocycles. The van der Waals surface area contributed by atoms with Gasteiger partial charge in [0.2, 0.25) is 0 Å². The summed E-state index contributed by atoms with van der Waals surface area (Å²) in [6.07, 6.45) is 1.81. The van der Waals surface area contributed by atoms with Crippen LogP contribution in [0.3, 0.4) is 0 Å². The molecule has 2 aromatic carbocycles. The Balaban J connectivity index is 1.88. The maximum atomic E-state index is 5.41.